The van der Waals surface area contributed by atoms with E-state index in [1.54, 1.807) is 0 Å². The van der Waals surface area contributed by atoms with E-state index in [0.717, 1.165) is 11.1 Å². The number of ether oxygens (including phenoxy) is 6. The molecule has 252 valence electrons. The third kappa shape index (κ3) is 9.64. The Morgan fingerprint density at radius 1 is 0.804 bits per heavy atom. The van der Waals surface area contributed by atoms with Crippen molar-refractivity contribution in [1.29, 1.82) is 0 Å². The standard InChI is InChI=1S/C33H44N2O11/c1-4-15-42-31-27(35-21(3)38)32(43-18-23-13-9-6-10-14-23)45-25(19-41-17-22-11-7-5-8-12-22)30(31)46-33-26(34-20(2)37)29(40)28(39)24(16-36)44-33/h4-14,24-33,36,39-40H,1,15-19H2,2-3H3,(H,34,37)(H,35,38)/t24-,25-,26+,27+,28-,29-,30-,31-,32+,33+/m1/s1. The second-order valence-electron chi connectivity index (χ2n) is 11.2. The number of nitrogens with one attached hydrogen (secondary N) is 2. The maximum absolute atomic E-state index is 12.5. The highest BCUT2D eigenvalue weighted by Gasteiger charge is 2.53. The van der Waals surface area contributed by atoms with Crippen LogP contribution in [0.15, 0.2) is 73.3 Å². The molecule has 2 aromatic carbocycles. The Labute approximate surface area is 268 Å². The van der Waals surface area contributed by atoms with Gasteiger partial charge in [0.1, 0.15) is 48.7 Å². The summed E-state index contributed by atoms with van der Waals surface area (Å²) in [7, 11) is 0. The largest absolute Gasteiger partial charge is 0.394 e. The average Bonchev–Trinajstić information content (AvgIpc) is 3.04. The number of aliphatic hydroxyl groups excluding tert-OH is 3. The smallest absolute Gasteiger partial charge is 0.217 e. The van der Waals surface area contributed by atoms with Gasteiger partial charge >= 0.3 is 0 Å². The second kappa shape index (κ2) is 17.6. The number of benzene rings is 2. The molecular formula is C33H44N2O11. The highest BCUT2D eigenvalue weighted by molar-refractivity contribution is 5.73. The molecule has 0 saturated carbocycles. The number of hydrogen-bond acceptors (Lipinski definition) is 11. The lowest BCUT2D eigenvalue weighted by molar-refractivity contribution is -0.337. The summed E-state index contributed by atoms with van der Waals surface area (Å²) >= 11 is 0. The van der Waals surface area contributed by atoms with Gasteiger partial charge in [0.2, 0.25) is 11.8 Å². The number of carbonyl (C=O) groups excluding carboxylic acids is 2. The minimum atomic E-state index is -1.54. The van der Waals surface area contributed by atoms with Gasteiger partial charge in [0.05, 0.1) is 33.0 Å². The molecule has 13 heteroatoms. The average molecular weight is 645 g/mol. The van der Waals surface area contributed by atoms with Crippen molar-refractivity contribution in [2.45, 2.75) is 88.3 Å². The van der Waals surface area contributed by atoms with Gasteiger partial charge in [-0.3, -0.25) is 9.59 Å². The Kier molecular flexibility index (Phi) is 13.6. The summed E-state index contributed by atoms with van der Waals surface area (Å²) in [5, 5.41) is 36.7. The normalized spacial score (nSPS) is 31.2. The summed E-state index contributed by atoms with van der Waals surface area (Å²) in [5.74, 6) is -0.890. The monoisotopic (exact) mass is 644 g/mol. The van der Waals surface area contributed by atoms with Gasteiger partial charge in [-0.25, -0.2) is 0 Å². The van der Waals surface area contributed by atoms with Gasteiger partial charge in [-0.1, -0.05) is 66.7 Å². The lowest BCUT2D eigenvalue weighted by Gasteiger charge is -2.49. The molecule has 5 N–H and O–H groups in total. The third-order valence-electron chi connectivity index (χ3n) is 7.62. The predicted molar refractivity (Wildman–Crippen MR) is 164 cm³/mol. The topological polar surface area (TPSA) is 174 Å². The van der Waals surface area contributed by atoms with E-state index >= 15 is 0 Å². The molecule has 0 spiro atoms. The first-order chi connectivity index (χ1) is 22.2. The highest BCUT2D eigenvalue weighted by Crippen LogP contribution is 2.32. The van der Waals surface area contributed by atoms with Crippen LogP contribution in [0.2, 0.25) is 0 Å². The molecule has 0 unspecified atom stereocenters. The van der Waals surface area contributed by atoms with Gasteiger partial charge < -0.3 is 54.4 Å². The zero-order chi connectivity index (χ0) is 33.1. The Balaban J connectivity index is 1.67. The first kappa shape index (κ1) is 35.6. The van der Waals surface area contributed by atoms with Crippen LogP contribution in [-0.4, -0.2) is 108 Å². The van der Waals surface area contributed by atoms with Crippen molar-refractivity contribution in [2.75, 3.05) is 19.8 Å². The first-order valence-electron chi connectivity index (χ1n) is 15.2. The third-order valence-corrected chi connectivity index (χ3v) is 7.62. The van der Waals surface area contributed by atoms with Crippen LogP contribution >= 0.6 is 0 Å². The number of rotatable bonds is 15. The van der Waals surface area contributed by atoms with E-state index in [0.29, 0.717) is 0 Å². The molecule has 2 aliphatic heterocycles. The fraction of sp³-hybridized carbons (Fsp3) is 0.515. The van der Waals surface area contributed by atoms with Gasteiger partial charge in [-0.05, 0) is 11.1 Å². The Hall–Kier alpha value is -3.24. The number of aliphatic hydroxyl groups is 3. The van der Waals surface area contributed by atoms with E-state index in [-0.39, 0.29) is 32.3 Å². The zero-order valence-corrected chi connectivity index (χ0v) is 26.0. The molecule has 0 radical (unpaired) electrons. The van der Waals surface area contributed by atoms with Crippen molar-refractivity contribution in [3.63, 3.8) is 0 Å². The second-order valence-corrected chi connectivity index (χ2v) is 11.2. The van der Waals surface area contributed by atoms with Crippen molar-refractivity contribution in [2.24, 2.45) is 0 Å². The molecule has 2 aromatic rings. The molecule has 0 aliphatic carbocycles. The molecule has 2 fully saturated rings. The lowest BCUT2D eigenvalue weighted by Crippen LogP contribution is -2.69. The SMILES string of the molecule is C=CCO[C@@H]1[C@H](NC(C)=O)[C@@H](OCc2ccccc2)O[C@H](COCc2ccccc2)[C@H]1O[C@@H]1O[C@H](CO)[C@@H](O)[C@H](O)[C@@H]1NC(C)=O. The van der Waals surface area contributed by atoms with E-state index in [4.69, 9.17) is 28.4 Å². The quantitative estimate of drug-likeness (QED) is 0.171. The zero-order valence-electron chi connectivity index (χ0n) is 26.0. The fourth-order valence-corrected chi connectivity index (χ4v) is 5.47. The molecule has 2 aliphatic rings. The van der Waals surface area contributed by atoms with E-state index < -0.39 is 73.8 Å². The summed E-state index contributed by atoms with van der Waals surface area (Å²) in [4.78, 5) is 24.6. The van der Waals surface area contributed by atoms with Crippen LogP contribution in [0.25, 0.3) is 0 Å². The van der Waals surface area contributed by atoms with Gasteiger partial charge in [-0.15, -0.1) is 6.58 Å². The molecule has 4 rings (SSSR count). The molecule has 2 saturated heterocycles. The van der Waals surface area contributed by atoms with Gasteiger partial charge in [0, 0.05) is 13.8 Å². The Morgan fingerprint density at radius 3 is 1.98 bits per heavy atom. The fourth-order valence-electron chi connectivity index (χ4n) is 5.47. The summed E-state index contributed by atoms with van der Waals surface area (Å²) in [6.45, 7) is 6.18. The van der Waals surface area contributed by atoms with Crippen molar-refractivity contribution in [3.8, 4) is 0 Å². The van der Waals surface area contributed by atoms with Crippen molar-refractivity contribution < 1.29 is 53.3 Å². The molecule has 46 heavy (non-hydrogen) atoms. The van der Waals surface area contributed by atoms with E-state index in [9.17, 15) is 24.9 Å². The number of amides is 2. The maximum Gasteiger partial charge on any atom is 0.217 e. The van der Waals surface area contributed by atoms with E-state index in [2.05, 4.69) is 17.2 Å². The van der Waals surface area contributed by atoms with Crippen molar-refractivity contribution in [1.82, 2.24) is 10.6 Å². The minimum absolute atomic E-state index is 0.0162. The molecule has 2 amide bonds. The van der Waals surface area contributed by atoms with Crippen LogP contribution in [0.4, 0.5) is 0 Å². The number of carbonyl (C=O) groups is 2. The van der Waals surface area contributed by atoms with Gasteiger partial charge in [-0.2, -0.15) is 0 Å². The van der Waals surface area contributed by atoms with Crippen LogP contribution in [0.3, 0.4) is 0 Å². The molecular weight excluding hydrogens is 600 g/mol. The van der Waals surface area contributed by atoms with Crippen molar-refractivity contribution >= 4 is 11.8 Å². The lowest BCUT2D eigenvalue weighted by atomic mass is 9.94. The van der Waals surface area contributed by atoms with Crippen LogP contribution in [0.5, 0.6) is 0 Å². The Morgan fingerprint density at radius 2 is 1.39 bits per heavy atom. The molecule has 10 atom stereocenters. The molecule has 0 bridgehead atoms. The Bertz CT molecular complexity index is 1240. The van der Waals surface area contributed by atoms with Crippen LogP contribution in [-0.2, 0) is 51.2 Å². The maximum atomic E-state index is 12.5. The summed E-state index contributed by atoms with van der Waals surface area (Å²) in [5.41, 5.74) is 1.80. The van der Waals surface area contributed by atoms with Crippen LogP contribution in [0.1, 0.15) is 25.0 Å². The van der Waals surface area contributed by atoms with Crippen molar-refractivity contribution in [3.05, 3.63) is 84.4 Å². The summed E-state index contributed by atoms with van der Waals surface area (Å²) in [6.07, 6.45) is -8.00. The van der Waals surface area contributed by atoms with E-state index in [1.165, 1.54) is 19.9 Å². The van der Waals surface area contributed by atoms with Crippen LogP contribution in [0, 0.1) is 0 Å². The summed E-state index contributed by atoms with van der Waals surface area (Å²) in [6, 6.07) is 16.8. The van der Waals surface area contributed by atoms with Gasteiger partial charge in [0.25, 0.3) is 0 Å². The summed E-state index contributed by atoms with van der Waals surface area (Å²) < 4.78 is 37.3. The first-order valence-corrected chi connectivity index (χ1v) is 15.2. The minimum Gasteiger partial charge on any atom is -0.394 e. The van der Waals surface area contributed by atoms with Crippen LogP contribution < -0.4 is 10.6 Å². The highest BCUT2D eigenvalue weighted by atomic mass is 16.7. The molecule has 0 aromatic heterocycles. The van der Waals surface area contributed by atoms with Gasteiger partial charge in [0.15, 0.2) is 12.6 Å². The number of hydrogen-bond donors (Lipinski definition) is 5. The molecule has 13 nitrogen and oxygen atoms in total. The molecule has 2 heterocycles. The van der Waals surface area contributed by atoms with E-state index in [1.807, 2.05) is 60.7 Å². The predicted octanol–water partition coefficient (Wildman–Crippen LogP) is 0.550.